The van der Waals surface area contributed by atoms with Gasteiger partial charge in [0.1, 0.15) is 5.52 Å². The molecule has 3 rings (SSSR count). The van der Waals surface area contributed by atoms with Crippen molar-refractivity contribution in [1.82, 2.24) is 9.88 Å². The number of benzene rings is 1. The van der Waals surface area contributed by atoms with Crippen LogP contribution in [0.1, 0.15) is 23.2 Å². The van der Waals surface area contributed by atoms with E-state index >= 15 is 0 Å². The molecule has 0 bridgehead atoms. The van der Waals surface area contributed by atoms with Crippen LogP contribution in [-0.4, -0.2) is 44.6 Å². The first kappa shape index (κ1) is 14.3. The number of fused-ring (bicyclic) bond motifs is 1. The summed E-state index contributed by atoms with van der Waals surface area (Å²) in [6.07, 6.45) is 0. The Balaban J connectivity index is 1.94. The Hall–Kier alpha value is -1.69. The summed E-state index contributed by atoms with van der Waals surface area (Å²) >= 11 is 0. The van der Waals surface area contributed by atoms with Crippen LogP contribution in [0.5, 0.6) is 0 Å². The fourth-order valence-electron chi connectivity index (χ4n) is 2.72. The summed E-state index contributed by atoms with van der Waals surface area (Å²) in [7, 11) is -0.832. The summed E-state index contributed by atoms with van der Waals surface area (Å²) in [6.45, 7) is 4.97. The molecule has 2 heterocycles. The molecule has 0 aliphatic carbocycles. The molecule has 1 saturated heterocycles. The number of aryl methyl sites for hydroxylation is 1. The molecule has 5 nitrogen and oxygen atoms in total. The van der Waals surface area contributed by atoms with Crippen LogP contribution in [0.25, 0.3) is 11.1 Å². The quantitative estimate of drug-likeness (QED) is 0.808. The zero-order valence-corrected chi connectivity index (χ0v) is 13.0. The van der Waals surface area contributed by atoms with E-state index in [0.717, 1.165) is 0 Å². The summed E-state index contributed by atoms with van der Waals surface area (Å²) < 4.78 is 17.2. The van der Waals surface area contributed by atoms with Gasteiger partial charge in [-0.2, -0.15) is 0 Å². The number of carbonyl (C=O) groups is 1. The number of carbonyl (C=O) groups excluding carboxylic acids is 1. The molecule has 2 aromatic rings. The molecule has 0 spiro atoms. The van der Waals surface area contributed by atoms with Crippen molar-refractivity contribution < 1.29 is 13.4 Å². The lowest BCUT2D eigenvalue weighted by atomic mass is 10.1. The van der Waals surface area contributed by atoms with Crippen molar-refractivity contribution in [2.24, 2.45) is 5.92 Å². The Bertz CT molecular complexity index is 710. The van der Waals surface area contributed by atoms with Crippen molar-refractivity contribution in [2.45, 2.75) is 13.8 Å². The molecule has 1 aliphatic rings. The second-order valence-electron chi connectivity index (χ2n) is 5.55. The van der Waals surface area contributed by atoms with E-state index in [4.69, 9.17) is 4.42 Å². The molecule has 0 N–H and O–H groups in total. The third-order valence-corrected chi connectivity index (χ3v) is 5.21. The smallest absolute Gasteiger partial charge is 0.256 e. The minimum Gasteiger partial charge on any atom is -0.441 e. The molecule has 1 aliphatic heterocycles. The van der Waals surface area contributed by atoms with E-state index < -0.39 is 10.8 Å². The second-order valence-corrected chi connectivity index (χ2v) is 7.17. The van der Waals surface area contributed by atoms with Gasteiger partial charge in [0.25, 0.3) is 5.91 Å². The number of oxazole rings is 1. The van der Waals surface area contributed by atoms with Gasteiger partial charge in [-0.25, -0.2) is 4.98 Å². The second kappa shape index (κ2) is 5.60. The van der Waals surface area contributed by atoms with Gasteiger partial charge in [0.15, 0.2) is 11.5 Å². The number of hydrogen-bond acceptors (Lipinski definition) is 4. The number of rotatable bonds is 1. The summed E-state index contributed by atoms with van der Waals surface area (Å²) in [4.78, 5) is 18.9. The Morgan fingerprint density at radius 1 is 1.48 bits per heavy atom. The molecule has 0 unspecified atom stereocenters. The summed E-state index contributed by atoms with van der Waals surface area (Å²) in [5.41, 5.74) is 1.80. The van der Waals surface area contributed by atoms with Crippen LogP contribution in [0.3, 0.4) is 0 Å². The Morgan fingerprint density at radius 3 is 3.10 bits per heavy atom. The molecule has 112 valence electrons. The molecule has 6 heteroatoms. The van der Waals surface area contributed by atoms with Crippen molar-refractivity contribution in [3.05, 3.63) is 29.7 Å². The van der Waals surface area contributed by atoms with Gasteiger partial charge >= 0.3 is 0 Å². The maximum Gasteiger partial charge on any atom is 0.256 e. The highest BCUT2D eigenvalue weighted by Crippen LogP contribution is 2.21. The van der Waals surface area contributed by atoms with Gasteiger partial charge in [0.2, 0.25) is 0 Å². The van der Waals surface area contributed by atoms with Crippen molar-refractivity contribution in [1.29, 1.82) is 0 Å². The molecule has 1 aromatic heterocycles. The van der Waals surface area contributed by atoms with Crippen LogP contribution < -0.4 is 0 Å². The van der Waals surface area contributed by atoms with Gasteiger partial charge in [0, 0.05) is 42.3 Å². The number of hydrogen-bond donors (Lipinski definition) is 0. The minimum absolute atomic E-state index is 0.0559. The molecule has 21 heavy (non-hydrogen) atoms. The third kappa shape index (κ3) is 2.85. The summed E-state index contributed by atoms with van der Waals surface area (Å²) in [5, 5.41) is 0. The first-order valence-electron chi connectivity index (χ1n) is 7.05. The number of aromatic nitrogens is 1. The highest BCUT2D eigenvalue weighted by molar-refractivity contribution is 7.85. The van der Waals surface area contributed by atoms with Gasteiger partial charge in [0.05, 0.1) is 5.56 Å². The van der Waals surface area contributed by atoms with E-state index in [1.54, 1.807) is 24.0 Å². The molecular formula is C15H18N2O3S. The fourth-order valence-corrected chi connectivity index (χ4v) is 4.05. The highest BCUT2D eigenvalue weighted by Gasteiger charge is 2.25. The van der Waals surface area contributed by atoms with E-state index in [1.165, 1.54) is 0 Å². The Morgan fingerprint density at radius 2 is 2.29 bits per heavy atom. The first-order chi connectivity index (χ1) is 10.0. The topological polar surface area (TPSA) is 63.4 Å². The van der Waals surface area contributed by atoms with E-state index in [-0.39, 0.29) is 11.8 Å². The van der Waals surface area contributed by atoms with E-state index in [9.17, 15) is 9.00 Å². The maximum atomic E-state index is 12.8. The number of para-hydroxylation sites is 1. The van der Waals surface area contributed by atoms with Gasteiger partial charge in [-0.15, -0.1) is 0 Å². The zero-order valence-electron chi connectivity index (χ0n) is 12.2. The van der Waals surface area contributed by atoms with Crippen LogP contribution in [0.15, 0.2) is 22.6 Å². The van der Waals surface area contributed by atoms with Crippen LogP contribution in [0, 0.1) is 12.8 Å². The third-order valence-electron chi connectivity index (χ3n) is 3.63. The van der Waals surface area contributed by atoms with Crippen molar-refractivity contribution in [3.63, 3.8) is 0 Å². The Kier molecular flexibility index (Phi) is 3.80. The monoisotopic (exact) mass is 306 g/mol. The van der Waals surface area contributed by atoms with Gasteiger partial charge < -0.3 is 9.32 Å². The first-order valence-corrected chi connectivity index (χ1v) is 8.54. The van der Waals surface area contributed by atoms with Crippen LogP contribution in [-0.2, 0) is 10.8 Å². The average molecular weight is 306 g/mol. The lowest BCUT2D eigenvalue weighted by Crippen LogP contribution is -2.35. The van der Waals surface area contributed by atoms with E-state index in [2.05, 4.69) is 4.98 Å². The molecule has 1 amide bonds. The summed E-state index contributed by atoms with van der Waals surface area (Å²) in [5.74, 6) is 1.95. The lowest BCUT2D eigenvalue weighted by molar-refractivity contribution is 0.0753. The molecule has 2 atom stereocenters. The Labute approximate surface area is 125 Å². The largest absolute Gasteiger partial charge is 0.441 e. The van der Waals surface area contributed by atoms with Gasteiger partial charge in [-0.3, -0.25) is 9.00 Å². The molecule has 0 saturated carbocycles. The highest BCUT2D eigenvalue weighted by atomic mass is 32.2. The molecule has 0 radical (unpaired) electrons. The van der Waals surface area contributed by atoms with Crippen molar-refractivity contribution >= 4 is 27.8 Å². The lowest BCUT2D eigenvalue weighted by Gasteiger charge is -2.22. The normalized spacial score (nSPS) is 23.2. The minimum atomic E-state index is -0.832. The van der Waals surface area contributed by atoms with Crippen LogP contribution in [0.2, 0.25) is 0 Å². The predicted octanol–water partition coefficient (Wildman–Crippen LogP) is 1.98. The fraction of sp³-hybridized carbons (Fsp3) is 0.467. The van der Waals surface area contributed by atoms with Crippen LogP contribution >= 0.6 is 0 Å². The van der Waals surface area contributed by atoms with Crippen LogP contribution in [0.4, 0.5) is 0 Å². The maximum absolute atomic E-state index is 12.8. The summed E-state index contributed by atoms with van der Waals surface area (Å²) in [6, 6.07) is 5.39. The molecular weight excluding hydrogens is 288 g/mol. The molecule has 1 fully saturated rings. The van der Waals surface area contributed by atoms with Gasteiger partial charge in [-0.1, -0.05) is 13.0 Å². The van der Waals surface area contributed by atoms with E-state index in [1.807, 2.05) is 13.0 Å². The SMILES string of the molecule is Cc1nc2c(C(=O)N3CC[S@@](=O)C[C@@H](C)C3)cccc2o1. The van der Waals surface area contributed by atoms with Crippen molar-refractivity contribution in [3.8, 4) is 0 Å². The zero-order chi connectivity index (χ0) is 15.0. The standard InChI is InChI=1S/C15H18N2O3S/c1-10-8-17(6-7-21(19)9-10)15(18)12-4-3-5-13-14(12)16-11(2)20-13/h3-5,10H,6-9H2,1-2H3/t10-,21+/m0/s1. The average Bonchev–Trinajstić information content (AvgIpc) is 2.73. The van der Waals surface area contributed by atoms with Crippen molar-refractivity contribution in [2.75, 3.05) is 24.6 Å². The number of nitrogens with zero attached hydrogens (tertiary/aromatic N) is 2. The van der Waals surface area contributed by atoms with E-state index in [0.29, 0.717) is 47.1 Å². The number of amides is 1. The van der Waals surface area contributed by atoms with Gasteiger partial charge in [-0.05, 0) is 18.1 Å². The molecule has 1 aromatic carbocycles. The predicted molar refractivity (Wildman–Crippen MR) is 81.7 cm³/mol.